The first kappa shape index (κ1) is 27.2. The number of hydrogen-bond acceptors (Lipinski definition) is 3. The molecule has 3 atom stereocenters. The number of amides is 1. The second kappa shape index (κ2) is 12.6. The first-order valence-electron chi connectivity index (χ1n) is 11.5. The maximum Gasteiger partial charge on any atom is 0.307 e. The molecule has 8 heteroatoms. The molecule has 0 heterocycles. The van der Waals surface area contributed by atoms with Crippen molar-refractivity contribution in [3.05, 3.63) is 94.0 Å². The molecule has 3 aromatic carbocycles. The third-order valence-corrected chi connectivity index (χ3v) is 6.82. The average molecular weight is 528 g/mol. The Labute approximate surface area is 219 Å². The minimum Gasteiger partial charge on any atom is -0.481 e. The van der Waals surface area contributed by atoms with Crippen LogP contribution in [0.4, 0.5) is 0 Å². The molecule has 0 saturated carbocycles. The number of carboxylic acid groups (broad SMARTS) is 2. The van der Waals surface area contributed by atoms with E-state index in [4.69, 9.17) is 28.3 Å². The molecule has 0 aliphatic rings. The zero-order valence-electron chi connectivity index (χ0n) is 19.7. The Morgan fingerprint density at radius 3 is 2.06 bits per heavy atom. The van der Waals surface area contributed by atoms with Crippen molar-refractivity contribution < 1.29 is 24.6 Å². The molecule has 3 N–H and O–H groups in total. The van der Waals surface area contributed by atoms with E-state index in [1.165, 1.54) is 0 Å². The average Bonchev–Trinajstić information content (AvgIpc) is 2.84. The normalized spacial score (nSPS) is 13.4. The highest BCUT2D eigenvalue weighted by Crippen LogP contribution is 2.30. The standard InChI is InChI=1S/C28H27Cl2NO5/c1-17(31-26(32)15-22(28(35)36)16-27(33)34)23(13-18-7-12-24(29)25(30)14-18)21-10-8-20(9-11-21)19-5-3-2-4-6-19/h2-12,14,17,22-23H,13,15-16H2,1H3,(H,31,32)(H,33,34)(H,35,36). The van der Waals surface area contributed by atoms with Crippen molar-refractivity contribution in [3.63, 3.8) is 0 Å². The molecule has 0 aliphatic heterocycles. The third kappa shape index (κ3) is 7.57. The molecule has 188 valence electrons. The first-order chi connectivity index (χ1) is 17.1. The number of rotatable bonds is 11. The van der Waals surface area contributed by atoms with Crippen LogP contribution < -0.4 is 5.32 Å². The monoisotopic (exact) mass is 527 g/mol. The Kier molecular flexibility index (Phi) is 9.51. The number of carboxylic acids is 2. The number of hydrogen-bond donors (Lipinski definition) is 3. The van der Waals surface area contributed by atoms with Crippen LogP contribution in [0.15, 0.2) is 72.8 Å². The van der Waals surface area contributed by atoms with E-state index >= 15 is 0 Å². The summed E-state index contributed by atoms with van der Waals surface area (Å²) in [5.74, 6) is -4.56. The highest BCUT2D eigenvalue weighted by atomic mass is 35.5. The van der Waals surface area contributed by atoms with E-state index in [0.29, 0.717) is 16.5 Å². The van der Waals surface area contributed by atoms with Crippen molar-refractivity contribution in [2.24, 2.45) is 5.92 Å². The van der Waals surface area contributed by atoms with Crippen LogP contribution in [0.25, 0.3) is 11.1 Å². The molecule has 0 bridgehead atoms. The van der Waals surface area contributed by atoms with Crippen molar-refractivity contribution in [2.45, 2.75) is 38.1 Å². The lowest BCUT2D eigenvalue weighted by Gasteiger charge is -2.26. The van der Waals surface area contributed by atoms with Gasteiger partial charge in [0, 0.05) is 18.4 Å². The highest BCUT2D eigenvalue weighted by molar-refractivity contribution is 6.42. The summed E-state index contributed by atoms with van der Waals surface area (Å²) in [4.78, 5) is 35.0. The van der Waals surface area contributed by atoms with Gasteiger partial charge in [-0.15, -0.1) is 0 Å². The zero-order chi connectivity index (χ0) is 26.2. The van der Waals surface area contributed by atoms with Gasteiger partial charge in [-0.25, -0.2) is 0 Å². The fourth-order valence-electron chi connectivity index (χ4n) is 4.15. The summed E-state index contributed by atoms with van der Waals surface area (Å²) in [5, 5.41) is 22.0. The predicted molar refractivity (Wildman–Crippen MR) is 140 cm³/mol. The van der Waals surface area contributed by atoms with Crippen LogP contribution in [-0.4, -0.2) is 34.1 Å². The van der Waals surface area contributed by atoms with Gasteiger partial charge in [0.05, 0.1) is 22.4 Å². The van der Waals surface area contributed by atoms with Gasteiger partial charge in [-0.05, 0) is 47.7 Å². The molecule has 0 saturated heterocycles. The molecular weight excluding hydrogens is 501 g/mol. The summed E-state index contributed by atoms with van der Waals surface area (Å²) in [7, 11) is 0. The maximum atomic E-state index is 12.7. The summed E-state index contributed by atoms with van der Waals surface area (Å²) < 4.78 is 0. The molecule has 0 spiro atoms. The number of aliphatic carboxylic acids is 2. The molecule has 0 aliphatic carbocycles. The Hall–Kier alpha value is -3.35. The van der Waals surface area contributed by atoms with Crippen LogP contribution in [0, 0.1) is 5.92 Å². The van der Waals surface area contributed by atoms with Gasteiger partial charge in [0.15, 0.2) is 0 Å². The zero-order valence-corrected chi connectivity index (χ0v) is 21.2. The van der Waals surface area contributed by atoms with Gasteiger partial charge in [-0.2, -0.15) is 0 Å². The summed E-state index contributed by atoms with van der Waals surface area (Å²) in [6, 6.07) is 23.0. The Morgan fingerprint density at radius 1 is 0.833 bits per heavy atom. The number of benzene rings is 3. The van der Waals surface area contributed by atoms with E-state index in [9.17, 15) is 19.5 Å². The summed E-state index contributed by atoms with van der Waals surface area (Å²) in [6.07, 6.45) is -0.496. The molecule has 3 unspecified atom stereocenters. The highest BCUT2D eigenvalue weighted by Gasteiger charge is 2.27. The Balaban J connectivity index is 1.84. The minimum absolute atomic E-state index is 0.168. The molecule has 36 heavy (non-hydrogen) atoms. The van der Waals surface area contributed by atoms with Gasteiger partial charge in [0.25, 0.3) is 0 Å². The maximum absolute atomic E-state index is 12.7. The van der Waals surface area contributed by atoms with Crippen molar-refractivity contribution in [2.75, 3.05) is 0 Å². The third-order valence-electron chi connectivity index (χ3n) is 6.08. The Morgan fingerprint density at radius 2 is 1.47 bits per heavy atom. The summed E-state index contributed by atoms with van der Waals surface area (Å²) >= 11 is 12.3. The fourth-order valence-corrected chi connectivity index (χ4v) is 4.47. The number of carbonyl (C=O) groups excluding carboxylic acids is 1. The molecule has 0 fully saturated rings. The SMILES string of the molecule is CC(NC(=O)CC(CC(=O)O)C(=O)O)C(Cc1ccc(Cl)c(Cl)c1)c1ccc(-c2ccccc2)cc1. The molecular formula is C28H27Cl2NO5. The van der Waals surface area contributed by atoms with Crippen molar-refractivity contribution in [1.82, 2.24) is 5.32 Å². The Bertz CT molecular complexity index is 1210. The van der Waals surface area contributed by atoms with Gasteiger partial charge in [-0.3, -0.25) is 14.4 Å². The lowest BCUT2D eigenvalue weighted by Crippen LogP contribution is -2.39. The van der Waals surface area contributed by atoms with Gasteiger partial charge >= 0.3 is 11.9 Å². The molecule has 3 aromatic rings. The molecule has 0 aromatic heterocycles. The second-order valence-corrected chi connectivity index (χ2v) is 9.55. The van der Waals surface area contributed by atoms with E-state index in [0.717, 1.165) is 22.3 Å². The minimum atomic E-state index is -1.32. The van der Waals surface area contributed by atoms with Crippen LogP contribution >= 0.6 is 23.2 Å². The largest absolute Gasteiger partial charge is 0.481 e. The number of halogens is 2. The molecule has 3 rings (SSSR count). The van der Waals surface area contributed by atoms with E-state index in [1.807, 2.05) is 67.6 Å². The number of carbonyl (C=O) groups is 3. The molecule has 0 radical (unpaired) electrons. The van der Waals surface area contributed by atoms with Crippen molar-refractivity contribution in [3.8, 4) is 11.1 Å². The van der Waals surface area contributed by atoms with E-state index < -0.39 is 36.6 Å². The summed E-state index contributed by atoms with van der Waals surface area (Å²) in [5.41, 5.74) is 4.05. The fraction of sp³-hybridized carbons (Fsp3) is 0.250. The summed E-state index contributed by atoms with van der Waals surface area (Å²) in [6.45, 7) is 1.85. The van der Waals surface area contributed by atoms with Crippen molar-refractivity contribution in [1.29, 1.82) is 0 Å². The molecule has 6 nitrogen and oxygen atoms in total. The smallest absolute Gasteiger partial charge is 0.307 e. The predicted octanol–water partition coefficient (Wildman–Crippen LogP) is 6.06. The van der Waals surface area contributed by atoms with Gasteiger partial charge in [0.2, 0.25) is 5.91 Å². The van der Waals surface area contributed by atoms with Crippen LogP contribution in [0.3, 0.4) is 0 Å². The van der Waals surface area contributed by atoms with Gasteiger partial charge in [0.1, 0.15) is 0 Å². The van der Waals surface area contributed by atoms with E-state index in [2.05, 4.69) is 5.32 Å². The lowest BCUT2D eigenvalue weighted by molar-refractivity contribution is -0.149. The van der Waals surface area contributed by atoms with Crippen LogP contribution in [0.5, 0.6) is 0 Å². The van der Waals surface area contributed by atoms with Gasteiger partial charge in [-0.1, -0.05) is 83.9 Å². The van der Waals surface area contributed by atoms with Crippen molar-refractivity contribution >= 4 is 41.0 Å². The number of nitrogens with one attached hydrogen (secondary N) is 1. The van der Waals surface area contributed by atoms with Crippen LogP contribution in [0.1, 0.15) is 36.8 Å². The quantitative estimate of drug-likeness (QED) is 0.281. The second-order valence-electron chi connectivity index (χ2n) is 8.74. The van der Waals surface area contributed by atoms with Gasteiger partial charge < -0.3 is 15.5 Å². The topological polar surface area (TPSA) is 104 Å². The van der Waals surface area contributed by atoms with Crippen LogP contribution in [-0.2, 0) is 20.8 Å². The van der Waals surface area contributed by atoms with Crippen LogP contribution in [0.2, 0.25) is 10.0 Å². The van der Waals surface area contributed by atoms with E-state index in [1.54, 1.807) is 12.1 Å². The lowest BCUT2D eigenvalue weighted by atomic mass is 9.85. The van der Waals surface area contributed by atoms with E-state index in [-0.39, 0.29) is 12.0 Å². The first-order valence-corrected chi connectivity index (χ1v) is 12.2. The molecule has 1 amide bonds.